The van der Waals surface area contributed by atoms with Crippen LogP contribution >= 0.6 is 0 Å². The zero-order valence-electron chi connectivity index (χ0n) is 27.9. The van der Waals surface area contributed by atoms with E-state index in [1.54, 1.807) is 62.8 Å². The predicted octanol–water partition coefficient (Wildman–Crippen LogP) is 4.13. The fraction of sp³-hybridized carbons (Fsp3) is 0.333. The summed E-state index contributed by atoms with van der Waals surface area (Å²) in [6.07, 6.45) is 1.14. The van der Waals surface area contributed by atoms with Crippen LogP contribution < -0.4 is 28.7 Å². The number of anilines is 2. The van der Waals surface area contributed by atoms with Gasteiger partial charge in [-0.15, -0.1) is 0 Å². The second kappa shape index (κ2) is 13.5. The van der Waals surface area contributed by atoms with Crippen molar-refractivity contribution in [3.63, 3.8) is 0 Å². The Kier molecular flexibility index (Phi) is 9.26. The van der Waals surface area contributed by atoms with Gasteiger partial charge in [0.2, 0.25) is 0 Å². The van der Waals surface area contributed by atoms with E-state index in [-0.39, 0.29) is 9.79 Å². The molecule has 2 unspecified atom stereocenters. The number of hydrogen-bond acceptors (Lipinski definition) is 10. The Morgan fingerprint density at radius 1 is 0.580 bits per heavy atom. The first-order chi connectivity index (χ1) is 24.1. The molecule has 14 heteroatoms. The highest BCUT2D eigenvalue weighted by molar-refractivity contribution is 7.93. The van der Waals surface area contributed by atoms with Crippen LogP contribution in [-0.2, 0) is 41.0 Å². The first kappa shape index (κ1) is 34.3. The van der Waals surface area contributed by atoms with Crippen LogP contribution in [0.15, 0.2) is 107 Å². The summed E-state index contributed by atoms with van der Waals surface area (Å²) in [7, 11) is -4.20. The standard InChI is InChI=1S/2C18H20N2O4S/c2*1-23-14-6-8-15(9-7-14)25(21,22)20-12-10-18(19-11-13-24-18)16-4-2-3-5-17(16)20/h2*2-9,19H,10-13H2,1H3. The van der Waals surface area contributed by atoms with Crippen molar-refractivity contribution in [1.82, 2.24) is 10.6 Å². The van der Waals surface area contributed by atoms with Gasteiger partial charge in [0.1, 0.15) is 22.9 Å². The van der Waals surface area contributed by atoms with Crippen molar-refractivity contribution < 1.29 is 35.8 Å². The van der Waals surface area contributed by atoms with Crippen LogP contribution in [0.4, 0.5) is 11.4 Å². The quantitative estimate of drug-likeness (QED) is 0.300. The summed E-state index contributed by atoms with van der Waals surface area (Å²) in [5.74, 6) is 1.25. The normalized spacial score (nSPS) is 22.8. The molecule has 2 N–H and O–H groups in total. The fourth-order valence-corrected chi connectivity index (χ4v) is 10.0. The molecular formula is C36H40N4O8S2. The van der Waals surface area contributed by atoms with E-state index < -0.39 is 31.5 Å². The van der Waals surface area contributed by atoms with E-state index in [0.717, 1.165) is 24.2 Å². The van der Waals surface area contributed by atoms with Crippen LogP contribution in [0.1, 0.15) is 24.0 Å². The number of rotatable bonds is 6. The fourth-order valence-electron chi connectivity index (χ4n) is 7.07. The molecule has 4 aliphatic rings. The number of sulfonamides is 2. The van der Waals surface area contributed by atoms with E-state index in [1.807, 2.05) is 48.5 Å². The Balaban J connectivity index is 0.000000157. The molecule has 0 saturated carbocycles. The summed E-state index contributed by atoms with van der Waals surface area (Å²) in [4.78, 5) is 0.499. The summed E-state index contributed by atoms with van der Waals surface area (Å²) in [5, 5.41) is 6.79. The van der Waals surface area contributed by atoms with Crippen molar-refractivity contribution in [1.29, 1.82) is 0 Å². The lowest BCUT2D eigenvalue weighted by Gasteiger charge is -2.40. The number of benzene rings is 4. The number of nitrogens with zero attached hydrogens (tertiary/aromatic N) is 2. The maximum atomic E-state index is 13.2. The van der Waals surface area contributed by atoms with Crippen molar-refractivity contribution >= 4 is 31.4 Å². The summed E-state index contributed by atoms with van der Waals surface area (Å²) in [6, 6.07) is 28.0. The molecule has 50 heavy (non-hydrogen) atoms. The van der Waals surface area contributed by atoms with Gasteiger partial charge in [0.05, 0.1) is 48.6 Å². The number of hydrogen-bond donors (Lipinski definition) is 2. The minimum Gasteiger partial charge on any atom is -0.497 e. The number of methoxy groups -OCH3 is 2. The third-order valence-electron chi connectivity index (χ3n) is 9.57. The maximum Gasteiger partial charge on any atom is 0.264 e. The van der Waals surface area contributed by atoms with E-state index in [4.69, 9.17) is 18.9 Å². The van der Waals surface area contributed by atoms with E-state index >= 15 is 0 Å². The molecule has 264 valence electrons. The van der Waals surface area contributed by atoms with Crippen LogP contribution in [0.25, 0.3) is 0 Å². The lowest BCUT2D eigenvalue weighted by molar-refractivity contribution is -0.0224. The zero-order valence-corrected chi connectivity index (χ0v) is 29.5. The average Bonchev–Trinajstić information content (AvgIpc) is 3.83. The van der Waals surface area contributed by atoms with Crippen LogP contribution in [0, 0.1) is 0 Å². The van der Waals surface area contributed by atoms with Crippen LogP contribution in [0.2, 0.25) is 0 Å². The summed E-state index contributed by atoms with van der Waals surface area (Å²) < 4.78 is 77.8. The largest absolute Gasteiger partial charge is 0.497 e. The molecule has 4 aromatic rings. The van der Waals surface area contributed by atoms with E-state index in [9.17, 15) is 16.8 Å². The van der Waals surface area contributed by atoms with Crippen molar-refractivity contribution in [2.24, 2.45) is 0 Å². The summed E-state index contributed by atoms with van der Waals surface area (Å²) >= 11 is 0. The number of nitrogens with one attached hydrogen (secondary N) is 2. The third-order valence-corrected chi connectivity index (χ3v) is 13.2. The highest BCUT2D eigenvalue weighted by atomic mass is 32.2. The molecule has 2 atom stereocenters. The Morgan fingerprint density at radius 2 is 0.960 bits per heavy atom. The van der Waals surface area contributed by atoms with E-state index in [2.05, 4.69) is 10.6 Å². The van der Waals surface area contributed by atoms with Gasteiger partial charge in [-0.3, -0.25) is 19.2 Å². The van der Waals surface area contributed by atoms with Gasteiger partial charge < -0.3 is 18.9 Å². The SMILES string of the molecule is COc1ccc(S(=O)(=O)N2CCC3(NCCO3)c3ccccc32)cc1.COc1ccc(S(=O)(=O)N2CCC3(NCCO3)c3ccccc32)cc1. The lowest BCUT2D eigenvalue weighted by atomic mass is 9.94. The third kappa shape index (κ3) is 5.99. The van der Waals surface area contributed by atoms with Gasteiger partial charge in [-0.25, -0.2) is 16.8 Å². The van der Waals surface area contributed by atoms with Crippen molar-refractivity contribution in [2.75, 3.05) is 62.2 Å². The van der Waals surface area contributed by atoms with Crippen LogP contribution in [-0.4, -0.2) is 70.4 Å². The molecule has 0 aliphatic carbocycles. The molecule has 2 spiro atoms. The van der Waals surface area contributed by atoms with E-state index in [0.29, 0.717) is 62.0 Å². The zero-order chi connectivity index (χ0) is 35.0. The molecule has 12 nitrogen and oxygen atoms in total. The summed E-state index contributed by atoms with van der Waals surface area (Å²) in [6.45, 7) is 3.50. The van der Waals surface area contributed by atoms with Gasteiger partial charge in [-0.1, -0.05) is 36.4 Å². The van der Waals surface area contributed by atoms with E-state index in [1.165, 1.54) is 8.61 Å². The second-order valence-corrected chi connectivity index (χ2v) is 16.0. The minimum atomic E-state index is -3.65. The number of ether oxygens (including phenoxy) is 4. The van der Waals surface area contributed by atoms with Gasteiger partial charge in [0, 0.05) is 50.1 Å². The Labute approximate surface area is 293 Å². The molecular weight excluding hydrogens is 681 g/mol. The monoisotopic (exact) mass is 720 g/mol. The summed E-state index contributed by atoms with van der Waals surface area (Å²) in [5.41, 5.74) is 1.91. The van der Waals surface area contributed by atoms with Crippen molar-refractivity contribution in [3.8, 4) is 11.5 Å². The molecule has 4 aromatic carbocycles. The molecule has 0 amide bonds. The van der Waals surface area contributed by atoms with Gasteiger partial charge in [-0.2, -0.15) is 0 Å². The van der Waals surface area contributed by atoms with Gasteiger partial charge in [-0.05, 0) is 60.7 Å². The first-order valence-corrected chi connectivity index (χ1v) is 19.3. The average molecular weight is 721 g/mol. The maximum absolute atomic E-state index is 13.2. The van der Waals surface area contributed by atoms with Gasteiger partial charge >= 0.3 is 0 Å². The molecule has 0 radical (unpaired) electrons. The van der Waals surface area contributed by atoms with Crippen molar-refractivity contribution in [2.45, 2.75) is 34.1 Å². The van der Waals surface area contributed by atoms with Crippen LogP contribution in [0.3, 0.4) is 0 Å². The van der Waals surface area contributed by atoms with Gasteiger partial charge in [0.15, 0.2) is 0 Å². The molecule has 0 bridgehead atoms. The molecule has 8 rings (SSSR count). The predicted molar refractivity (Wildman–Crippen MR) is 188 cm³/mol. The smallest absolute Gasteiger partial charge is 0.264 e. The molecule has 2 saturated heterocycles. The number of fused-ring (bicyclic) bond motifs is 4. The van der Waals surface area contributed by atoms with Crippen LogP contribution in [0.5, 0.6) is 11.5 Å². The number of para-hydroxylation sites is 2. The Morgan fingerprint density at radius 3 is 1.30 bits per heavy atom. The highest BCUT2D eigenvalue weighted by Crippen LogP contribution is 2.44. The Hall–Kier alpha value is -4.18. The minimum absolute atomic E-state index is 0.249. The van der Waals surface area contributed by atoms with Crippen molar-refractivity contribution in [3.05, 3.63) is 108 Å². The molecule has 4 aliphatic heterocycles. The van der Waals surface area contributed by atoms with Gasteiger partial charge in [0.25, 0.3) is 20.0 Å². The topological polar surface area (TPSA) is 136 Å². The Bertz CT molecular complexity index is 1900. The molecule has 0 aromatic heterocycles. The lowest BCUT2D eigenvalue weighted by Crippen LogP contribution is -2.48. The molecule has 4 heterocycles. The first-order valence-electron chi connectivity index (χ1n) is 16.4. The second-order valence-electron chi connectivity index (χ2n) is 12.2. The molecule has 2 fully saturated rings. The highest BCUT2D eigenvalue weighted by Gasteiger charge is 2.46.